The van der Waals surface area contributed by atoms with Crippen molar-refractivity contribution in [1.82, 2.24) is 14.3 Å². The summed E-state index contributed by atoms with van der Waals surface area (Å²) in [6.07, 6.45) is 10.1. The quantitative estimate of drug-likeness (QED) is 0.476. The minimum Gasteiger partial charge on any atom is -0.486 e. The summed E-state index contributed by atoms with van der Waals surface area (Å²) >= 11 is 0. The number of rotatable bonds is 8. The van der Waals surface area contributed by atoms with E-state index in [4.69, 9.17) is 4.74 Å². The number of piperidine rings is 1. The molecule has 206 valence electrons. The fourth-order valence-corrected chi connectivity index (χ4v) is 7.24. The Bertz CT molecular complexity index is 1290. The Balaban J connectivity index is 1.24. The van der Waals surface area contributed by atoms with Gasteiger partial charge in [-0.05, 0) is 55.2 Å². The topological polar surface area (TPSA) is 75.6 Å². The molecule has 10 heteroatoms. The molecule has 0 aliphatic carbocycles. The normalized spacial score (nSPS) is 20.8. The number of fused-ring (bicyclic) bond motifs is 1. The van der Waals surface area contributed by atoms with Crippen LogP contribution in [0.5, 0.6) is 5.75 Å². The van der Waals surface area contributed by atoms with Crippen LogP contribution in [-0.4, -0.2) is 60.7 Å². The predicted octanol–water partition coefficient (Wildman–Crippen LogP) is 4.76. The molecular weight excluding hydrogens is 510 g/mol. The highest BCUT2D eigenvalue weighted by molar-refractivity contribution is 7.89. The van der Waals surface area contributed by atoms with Crippen LogP contribution in [0.2, 0.25) is 0 Å². The smallest absolute Gasteiger partial charge is 0.225 e. The molecule has 0 radical (unpaired) electrons. The van der Waals surface area contributed by atoms with E-state index in [2.05, 4.69) is 21.8 Å². The Morgan fingerprint density at radius 2 is 1.82 bits per heavy atom. The molecule has 0 amide bonds. The lowest BCUT2D eigenvalue weighted by Crippen LogP contribution is -2.40. The fourth-order valence-electron chi connectivity index (χ4n) is 5.80. The van der Waals surface area contributed by atoms with Crippen LogP contribution in [-0.2, 0) is 22.9 Å². The summed E-state index contributed by atoms with van der Waals surface area (Å²) in [7, 11) is -3.32. The molecule has 38 heavy (non-hydrogen) atoms. The van der Waals surface area contributed by atoms with Crippen molar-refractivity contribution in [1.29, 1.82) is 0 Å². The van der Waals surface area contributed by atoms with Crippen molar-refractivity contribution in [2.45, 2.75) is 64.9 Å². The standard InChI is InChI=1S/C28H36F2N4O3S/c1-3-5-19-17-31-28(32-18-19)33-10-6-21(7-11-33)25-16-23-26(30)22(15-24(29)27(23)37-25)20-8-12-34(13-9-20)38(35,36)14-4-2/h8,15,17-18,21,25H,3-7,9-14,16H2,1-2H3. The maximum absolute atomic E-state index is 15.7. The summed E-state index contributed by atoms with van der Waals surface area (Å²) < 4.78 is 62.9. The van der Waals surface area contributed by atoms with Gasteiger partial charge < -0.3 is 9.64 Å². The van der Waals surface area contributed by atoms with E-state index in [1.54, 1.807) is 6.08 Å². The van der Waals surface area contributed by atoms with Gasteiger partial charge in [-0.3, -0.25) is 0 Å². The van der Waals surface area contributed by atoms with Crippen LogP contribution >= 0.6 is 0 Å². The lowest BCUT2D eigenvalue weighted by Gasteiger charge is -2.34. The van der Waals surface area contributed by atoms with Crippen molar-refractivity contribution in [2.24, 2.45) is 5.92 Å². The minimum atomic E-state index is -3.32. The number of nitrogens with zero attached hydrogens (tertiary/aromatic N) is 4. The monoisotopic (exact) mass is 546 g/mol. The highest BCUT2D eigenvalue weighted by Crippen LogP contribution is 2.41. The van der Waals surface area contributed by atoms with E-state index in [0.29, 0.717) is 30.4 Å². The molecule has 1 fully saturated rings. The van der Waals surface area contributed by atoms with Gasteiger partial charge in [0.05, 0.1) is 5.75 Å². The number of hydrogen-bond donors (Lipinski definition) is 0. The summed E-state index contributed by atoms with van der Waals surface area (Å²) in [4.78, 5) is 11.2. The van der Waals surface area contributed by atoms with Crippen molar-refractivity contribution in [3.63, 3.8) is 0 Å². The van der Waals surface area contributed by atoms with Crippen LogP contribution in [0.25, 0.3) is 5.57 Å². The van der Waals surface area contributed by atoms with Crippen molar-refractivity contribution >= 4 is 21.5 Å². The Kier molecular flexibility index (Phi) is 8.00. The predicted molar refractivity (Wildman–Crippen MR) is 144 cm³/mol. The van der Waals surface area contributed by atoms with Gasteiger partial charge in [0, 0.05) is 56.1 Å². The van der Waals surface area contributed by atoms with E-state index in [9.17, 15) is 8.42 Å². The van der Waals surface area contributed by atoms with E-state index < -0.39 is 21.7 Å². The molecule has 3 aliphatic heterocycles. The van der Waals surface area contributed by atoms with Gasteiger partial charge in [0.2, 0.25) is 16.0 Å². The SMILES string of the molecule is CCCc1cnc(N2CCC(C3Cc4c(F)c(C5=CCN(S(=O)(=O)CCC)CC5)cc(F)c4O3)CC2)nc1. The highest BCUT2D eigenvalue weighted by atomic mass is 32.2. The number of aromatic nitrogens is 2. The molecule has 1 aromatic carbocycles. The zero-order valence-corrected chi connectivity index (χ0v) is 22.9. The molecule has 0 saturated carbocycles. The van der Waals surface area contributed by atoms with Gasteiger partial charge in [0.25, 0.3) is 0 Å². The zero-order chi connectivity index (χ0) is 26.9. The Labute approximate surface area is 224 Å². The third-order valence-electron chi connectivity index (χ3n) is 7.89. The molecule has 4 heterocycles. The second-order valence-corrected chi connectivity index (χ2v) is 12.6. The summed E-state index contributed by atoms with van der Waals surface area (Å²) in [5, 5.41) is 0. The fraction of sp³-hybridized carbons (Fsp3) is 0.571. The first-order valence-corrected chi connectivity index (χ1v) is 15.3. The number of anilines is 1. The molecule has 1 aromatic heterocycles. The summed E-state index contributed by atoms with van der Waals surface area (Å²) in [6, 6.07) is 1.21. The van der Waals surface area contributed by atoms with Gasteiger partial charge in [-0.25, -0.2) is 27.2 Å². The van der Waals surface area contributed by atoms with Crippen molar-refractivity contribution in [2.75, 3.05) is 36.8 Å². The lowest BCUT2D eigenvalue weighted by atomic mass is 9.88. The van der Waals surface area contributed by atoms with E-state index in [-0.39, 0.29) is 42.2 Å². The first kappa shape index (κ1) is 27.0. The molecular formula is C28H36F2N4O3S. The maximum Gasteiger partial charge on any atom is 0.225 e. The number of halogens is 2. The van der Waals surface area contributed by atoms with Crippen LogP contribution in [0, 0.1) is 17.6 Å². The zero-order valence-electron chi connectivity index (χ0n) is 22.1. The number of ether oxygens (including phenoxy) is 1. The molecule has 3 aliphatic rings. The molecule has 0 N–H and O–H groups in total. The summed E-state index contributed by atoms with van der Waals surface area (Å²) in [6.45, 7) is 5.95. The summed E-state index contributed by atoms with van der Waals surface area (Å²) in [5.41, 5.74) is 2.30. The van der Waals surface area contributed by atoms with Crippen molar-refractivity contribution in [3.8, 4) is 5.75 Å². The molecule has 1 saturated heterocycles. The van der Waals surface area contributed by atoms with Crippen LogP contribution in [0.1, 0.15) is 62.6 Å². The third kappa shape index (κ3) is 5.43. The largest absolute Gasteiger partial charge is 0.486 e. The minimum absolute atomic E-state index is 0.0251. The number of sulfonamides is 1. The third-order valence-corrected chi connectivity index (χ3v) is 9.93. The van der Waals surface area contributed by atoms with Gasteiger partial charge >= 0.3 is 0 Å². The first-order chi connectivity index (χ1) is 18.3. The average Bonchev–Trinajstić information content (AvgIpc) is 3.38. The van der Waals surface area contributed by atoms with E-state index in [1.165, 1.54) is 10.4 Å². The molecule has 5 rings (SSSR count). The Morgan fingerprint density at radius 3 is 2.45 bits per heavy atom. The van der Waals surface area contributed by atoms with Gasteiger partial charge in [0.1, 0.15) is 11.9 Å². The van der Waals surface area contributed by atoms with E-state index >= 15 is 8.78 Å². The molecule has 0 bridgehead atoms. The van der Waals surface area contributed by atoms with E-state index in [1.807, 2.05) is 19.3 Å². The number of aryl methyl sites for hydroxylation is 1. The van der Waals surface area contributed by atoms with Crippen LogP contribution in [0.4, 0.5) is 14.7 Å². The first-order valence-electron chi connectivity index (χ1n) is 13.7. The maximum atomic E-state index is 15.7. The molecule has 2 aromatic rings. The van der Waals surface area contributed by atoms with Crippen LogP contribution < -0.4 is 9.64 Å². The molecule has 0 spiro atoms. The van der Waals surface area contributed by atoms with Gasteiger partial charge in [0.15, 0.2) is 11.6 Å². The van der Waals surface area contributed by atoms with Crippen LogP contribution in [0.3, 0.4) is 0 Å². The number of hydrogen-bond acceptors (Lipinski definition) is 6. The molecule has 7 nitrogen and oxygen atoms in total. The number of benzene rings is 1. The average molecular weight is 547 g/mol. The van der Waals surface area contributed by atoms with E-state index in [0.717, 1.165) is 50.3 Å². The highest BCUT2D eigenvalue weighted by Gasteiger charge is 2.38. The van der Waals surface area contributed by atoms with Gasteiger partial charge in [-0.2, -0.15) is 4.31 Å². The molecule has 1 atom stereocenters. The van der Waals surface area contributed by atoms with Crippen molar-refractivity contribution in [3.05, 3.63) is 52.9 Å². The Hall–Kier alpha value is -2.59. The van der Waals surface area contributed by atoms with Crippen LogP contribution in [0.15, 0.2) is 24.5 Å². The van der Waals surface area contributed by atoms with Gasteiger partial charge in [-0.1, -0.05) is 26.3 Å². The second kappa shape index (κ2) is 11.3. The summed E-state index contributed by atoms with van der Waals surface area (Å²) in [5.74, 6) is 0.0244. The second-order valence-electron chi connectivity index (χ2n) is 10.5. The van der Waals surface area contributed by atoms with Crippen molar-refractivity contribution < 1.29 is 21.9 Å². The van der Waals surface area contributed by atoms with Gasteiger partial charge in [-0.15, -0.1) is 0 Å². The molecule has 1 unspecified atom stereocenters. The Morgan fingerprint density at radius 1 is 1.08 bits per heavy atom. The lowest BCUT2D eigenvalue weighted by molar-refractivity contribution is 0.134.